The van der Waals surface area contributed by atoms with Crippen LogP contribution in [0.4, 0.5) is 0 Å². The first-order valence-electron chi connectivity index (χ1n) is 5.94. The van der Waals surface area contributed by atoms with E-state index in [0.717, 1.165) is 43.6 Å². The molecule has 6 nitrogen and oxygen atoms in total. The van der Waals surface area contributed by atoms with Crippen LogP contribution < -0.4 is 0 Å². The van der Waals surface area contributed by atoms with Crippen molar-refractivity contribution in [1.29, 1.82) is 0 Å². The van der Waals surface area contributed by atoms with Gasteiger partial charge in [0.15, 0.2) is 5.17 Å². The Morgan fingerprint density at radius 1 is 1.50 bits per heavy atom. The van der Waals surface area contributed by atoms with Crippen molar-refractivity contribution >= 4 is 28.7 Å². The Morgan fingerprint density at radius 3 is 3.17 bits per heavy atom. The van der Waals surface area contributed by atoms with Gasteiger partial charge in [-0.25, -0.2) is 0 Å². The van der Waals surface area contributed by atoms with Crippen molar-refractivity contribution in [2.24, 2.45) is 4.99 Å². The van der Waals surface area contributed by atoms with Gasteiger partial charge in [0.2, 0.25) is 0 Å². The van der Waals surface area contributed by atoms with Crippen LogP contribution >= 0.6 is 23.5 Å². The maximum atomic E-state index is 5.35. The molecular formula is C10H15N5OS2. The van der Waals surface area contributed by atoms with Gasteiger partial charge in [0.25, 0.3) is 0 Å². The van der Waals surface area contributed by atoms with E-state index in [4.69, 9.17) is 4.74 Å². The number of H-pyrrole nitrogens is 1. The molecule has 0 spiro atoms. The summed E-state index contributed by atoms with van der Waals surface area (Å²) in [5.74, 6) is 1.02. The molecule has 3 heterocycles. The molecular weight excluding hydrogens is 270 g/mol. The standard InChI is InChI=1S/C10H15N5OS2/c1-3-16-4-2-15(1)10-11-5-8(18-10)7-17-9-6-12-14-13-9/h6,8H,1-5,7H2,(H,12,13,14). The van der Waals surface area contributed by atoms with Crippen LogP contribution in [0.25, 0.3) is 0 Å². The molecule has 2 aliphatic heterocycles. The molecule has 1 aromatic rings. The van der Waals surface area contributed by atoms with Crippen LogP contribution in [0.5, 0.6) is 0 Å². The van der Waals surface area contributed by atoms with E-state index < -0.39 is 0 Å². The number of nitrogens with zero attached hydrogens (tertiary/aromatic N) is 4. The van der Waals surface area contributed by atoms with Gasteiger partial charge in [0, 0.05) is 24.1 Å². The van der Waals surface area contributed by atoms with Gasteiger partial charge in [-0.1, -0.05) is 11.8 Å². The van der Waals surface area contributed by atoms with Gasteiger partial charge in [-0.05, 0) is 0 Å². The van der Waals surface area contributed by atoms with E-state index in [1.54, 1.807) is 18.0 Å². The number of hydrogen-bond acceptors (Lipinski definition) is 7. The molecule has 1 atom stereocenters. The number of ether oxygens (including phenoxy) is 1. The predicted molar refractivity (Wildman–Crippen MR) is 73.2 cm³/mol. The third-order valence-electron chi connectivity index (χ3n) is 2.79. The summed E-state index contributed by atoms with van der Waals surface area (Å²) in [6.07, 6.45) is 1.76. The molecule has 3 rings (SSSR count). The molecule has 1 fully saturated rings. The fourth-order valence-electron chi connectivity index (χ4n) is 1.86. The Kier molecular flexibility index (Phi) is 4.06. The SMILES string of the molecule is c1n[nH]nc1SCC1CN=C(N2CCOCC2)S1. The van der Waals surface area contributed by atoms with E-state index in [9.17, 15) is 0 Å². The highest BCUT2D eigenvalue weighted by Crippen LogP contribution is 2.28. The average Bonchev–Trinajstić information content (AvgIpc) is 3.09. The molecule has 0 saturated carbocycles. The van der Waals surface area contributed by atoms with Gasteiger partial charge in [0.1, 0.15) is 5.03 Å². The number of aromatic amines is 1. The van der Waals surface area contributed by atoms with Crippen LogP contribution in [0.3, 0.4) is 0 Å². The third kappa shape index (κ3) is 2.99. The summed E-state index contributed by atoms with van der Waals surface area (Å²) >= 11 is 3.61. The molecule has 98 valence electrons. The fraction of sp³-hybridized carbons (Fsp3) is 0.700. The minimum Gasteiger partial charge on any atom is -0.378 e. The van der Waals surface area contributed by atoms with E-state index in [-0.39, 0.29) is 0 Å². The lowest BCUT2D eigenvalue weighted by atomic mass is 10.4. The molecule has 0 radical (unpaired) electrons. The first-order chi connectivity index (χ1) is 8.92. The van der Waals surface area contributed by atoms with Gasteiger partial charge in [0.05, 0.1) is 26.0 Å². The van der Waals surface area contributed by atoms with E-state index in [1.807, 2.05) is 11.8 Å². The number of aliphatic imine (C=N–C) groups is 1. The average molecular weight is 285 g/mol. The van der Waals surface area contributed by atoms with Crippen molar-refractivity contribution in [3.05, 3.63) is 6.20 Å². The molecule has 1 unspecified atom stereocenters. The van der Waals surface area contributed by atoms with Gasteiger partial charge in [-0.2, -0.15) is 10.3 Å². The predicted octanol–water partition coefficient (Wildman–Crippen LogP) is 0.700. The number of hydrogen-bond donors (Lipinski definition) is 1. The largest absolute Gasteiger partial charge is 0.378 e. The van der Waals surface area contributed by atoms with Crippen LogP contribution in [-0.4, -0.2) is 69.3 Å². The van der Waals surface area contributed by atoms with Crippen LogP contribution in [-0.2, 0) is 4.74 Å². The minimum absolute atomic E-state index is 0.546. The topological polar surface area (TPSA) is 66.4 Å². The summed E-state index contributed by atoms with van der Waals surface area (Å²) in [6.45, 7) is 4.47. The van der Waals surface area contributed by atoms with Crippen LogP contribution in [0.15, 0.2) is 16.2 Å². The fourth-order valence-corrected chi connectivity index (χ4v) is 3.96. The molecule has 0 bridgehead atoms. The second-order valence-corrected chi connectivity index (χ2v) is 6.39. The lowest BCUT2D eigenvalue weighted by Crippen LogP contribution is -2.39. The maximum Gasteiger partial charge on any atom is 0.159 e. The molecule has 0 aromatic carbocycles. The van der Waals surface area contributed by atoms with E-state index >= 15 is 0 Å². The van der Waals surface area contributed by atoms with Gasteiger partial charge >= 0.3 is 0 Å². The van der Waals surface area contributed by atoms with Crippen molar-refractivity contribution in [3.63, 3.8) is 0 Å². The summed E-state index contributed by atoms with van der Waals surface area (Å²) in [5, 5.41) is 13.2. The zero-order valence-electron chi connectivity index (χ0n) is 9.91. The molecule has 0 aliphatic carbocycles. The third-order valence-corrected chi connectivity index (χ3v) is 5.31. The van der Waals surface area contributed by atoms with Crippen LogP contribution in [0.2, 0.25) is 0 Å². The van der Waals surface area contributed by atoms with E-state index in [0.29, 0.717) is 5.25 Å². The zero-order chi connectivity index (χ0) is 12.2. The molecule has 8 heteroatoms. The molecule has 1 saturated heterocycles. The van der Waals surface area contributed by atoms with Crippen LogP contribution in [0.1, 0.15) is 0 Å². The Balaban J connectivity index is 1.45. The first-order valence-corrected chi connectivity index (χ1v) is 7.81. The van der Waals surface area contributed by atoms with Crippen molar-refractivity contribution in [2.45, 2.75) is 10.3 Å². The second-order valence-electron chi connectivity index (χ2n) is 4.08. The lowest BCUT2D eigenvalue weighted by molar-refractivity contribution is 0.0693. The lowest BCUT2D eigenvalue weighted by Gasteiger charge is -2.28. The van der Waals surface area contributed by atoms with Crippen molar-refractivity contribution < 1.29 is 4.74 Å². The quantitative estimate of drug-likeness (QED) is 0.825. The van der Waals surface area contributed by atoms with Gasteiger partial charge < -0.3 is 9.64 Å². The highest BCUT2D eigenvalue weighted by molar-refractivity contribution is 8.15. The minimum atomic E-state index is 0.546. The first kappa shape index (κ1) is 12.3. The van der Waals surface area contributed by atoms with E-state index in [2.05, 4.69) is 25.3 Å². The van der Waals surface area contributed by atoms with Crippen molar-refractivity contribution in [2.75, 3.05) is 38.6 Å². The molecule has 0 amide bonds. The van der Waals surface area contributed by atoms with E-state index in [1.165, 1.54) is 5.17 Å². The Bertz CT molecular complexity index is 404. The summed E-state index contributed by atoms with van der Waals surface area (Å²) in [6, 6.07) is 0. The normalized spacial score (nSPS) is 24.3. The Labute approximate surface area is 114 Å². The second kappa shape index (κ2) is 5.94. The molecule has 18 heavy (non-hydrogen) atoms. The number of morpholine rings is 1. The molecule has 1 aromatic heterocycles. The highest BCUT2D eigenvalue weighted by atomic mass is 32.2. The Hall–Kier alpha value is -0.730. The van der Waals surface area contributed by atoms with Crippen LogP contribution in [0, 0.1) is 0 Å². The highest BCUT2D eigenvalue weighted by Gasteiger charge is 2.25. The maximum absolute atomic E-state index is 5.35. The summed E-state index contributed by atoms with van der Waals surface area (Å²) in [7, 11) is 0. The molecule has 2 aliphatic rings. The summed E-state index contributed by atoms with van der Waals surface area (Å²) in [4.78, 5) is 6.96. The summed E-state index contributed by atoms with van der Waals surface area (Å²) in [5.41, 5.74) is 0. The summed E-state index contributed by atoms with van der Waals surface area (Å²) < 4.78 is 5.35. The van der Waals surface area contributed by atoms with Crippen molar-refractivity contribution in [3.8, 4) is 0 Å². The smallest absolute Gasteiger partial charge is 0.159 e. The number of thioether (sulfide) groups is 2. The van der Waals surface area contributed by atoms with Gasteiger partial charge in [-0.15, -0.1) is 16.9 Å². The number of amidine groups is 1. The number of aromatic nitrogens is 3. The van der Waals surface area contributed by atoms with Gasteiger partial charge in [-0.3, -0.25) is 4.99 Å². The number of rotatable bonds is 3. The zero-order valence-corrected chi connectivity index (χ0v) is 11.5. The Morgan fingerprint density at radius 2 is 2.39 bits per heavy atom. The molecule has 1 N–H and O–H groups in total. The monoisotopic (exact) mass is 285 g/mol. The number of nitrogens with one attached hydrogen (secondary N) is 1. The van der Waals surface area contributed by atoms with Crippen molar-refractivity contribution in [1.82, 2.24) is 20.3 Å².